The zero-order valence-electron chi connectivity index (χ0n) is 13.2. The van der Waals surface area contributed by atoms with Crippen molar-refractivity contribution in [2.45, 2.75) is 37.3 Å². The van der Waals surface area contributed by atoms with E-state index in [1.165, 1.54) is 12.4 Å². The summed E-state index contributed by atoms with van der Waals surface area (Å²) in [6.45, 7) is 1.90. The normalized spacial score (nSPS) is 14.2. The predicted molar refractivity (Wildman–Crippen MR) is 81.8 cm³/mol. The van der Waals surface area contributed by atoms with Gasteiger partial charge >= 0.3 is 5.97 Å². The number of hydrogen-bond acceptors (Lipinski definition) is 8. The minimum Gasteiger partial charge on any atom is -0.481 e. The van der Waals surface area contributed by atoms with Crippen molar-refractivity contribution in [3.63, 3.8) is 0 Å². The van der Waals surface area contributed by atoms with Gasteiger partial charge in [-0.25, -0.2) is 18.4 Å². The highest BCUT2D eigenvalue weighted by molar-refractivity contribution is 7.90. The van der Waals surface area contributed by atoms with Gasteiger partial charge in [-0.05, 0) is 18.4 Å². The van der Waals surface area contributed by atoms with Gasteiger partial charge in [0, 0.05) is 24.6 Å². The number of hydrogen-bond donors (Lipinski definition) is 2. The fourth-order valence-electron chi connectivity index (χ4n) is 2.44. The highest BCUT2D eigenvalue weighted by Crippen LogP contribution is 2.29. The number of carboxylic acid groups (broad SMARTS) is 1. The molecule has 0 radical (unpaired) electrons. The number of tetrazole rings is 1. The molecule has 0 saturated heterocycles. The largest absolute Gasteiger partial charge is 0.481 e. The van der Waals surface area contributed by atoms with E-state index in [0.29, 0.717) is 24.2 Å². The average Bonchev–Trinajstić information content (AvgIpc) is 3.04. The Morgan fingerprint density at radius 2 is 2.00 bits per heavy atom. The van der Waals surface area contributed by atoms with E-state index in [0.717, 1.165) is 6.26 Å². The third-order valence-corrected chi connectivity index (χ3v) is 4.44. The van der Waals surface area contributed by atoms with Gasteiger partial charge in [-0.1, -0.05) is 18.6 Å². The highest BCUT2D eigenvalue weighted by atomic mass is 32.2. The molecule has 0 aliphatic carbocycles. The van der Waals surface area contributed by atoms with Crippen molar-refractivity contribution in [3.05, 3.63) is 23.8 Å². The number of carboxylic acids is 1. The van der Waals surface area contributed by atoms with E-state index >= 15 is 0 Å². The number of nitrogens with one attached hydrogen (secondary N) is 1. The van der Waals surface area contributed by atoms with Gasteiger partial charge in [0.2, 0.25) is 15.0 Å². The summed E-state index contributed by atoms with van der Waals surface area (Å²) < 4.78 is 22.8. The van der Waals surface area contributed by atoms with Crippen LogP contribution in [0.2, 0.25) is 0 Å². The van der Waals surface area contributed by atoms with Crippen LogP contribution in [0, 0.1) is 5.92 Å². The number of aromatic amines is 1. The molecule has 2 aromatic heterocycles. The monoisotopic (exact) mass is 354 g/mol. The zero-order valence-corrected chi connectivity index (χ0v) is 14.1. The predicted octanol–water partition coefficient (Wildman–Crippen LogP) is 0.220. The Kier molecular flexibility index (Phi) is 5.54. The Morgan fingerprint density at radius 1 is 1.33 bits per heavy atom. The van der Waals surface area contributed by atoms with Crippen LogP contribution in [0.1, 0.15) is 37.1 Å². The quantitative estimate of drug-likeness (QED) is 0.634. The lowest BCUT2D eigenvalue weighted by Crippen LogP contribution is -2.25. The molecule has 2 atom stereocenters. The van der Waals surface area contributed by atoms with Crippen LogP contribution in [-0.4, -0.2) is 56.3 Å². The average molecular weight is 354 g/mol. The lowest BCUT2D eigenvalue weighted by Gasteiger charge is -2.20. The molecule has 0 aliphatic heterocycles. The molecular weight excluding hydrogens is 336 g/mol. The molecule has 0 amide bonds. The first kappa shape index (κ1) is 17.9. The van der Waals surface area contributed by atoms with E-state index in [1.54, 1.807) is 0 Å². The Balaban J connectivity index is 2.30. The van der Waals surface area contributed by atoms with Crippen LogP contribution in [0.4, 0.5) is 0 Å². The van der Waals surface area contributed by atoms with Gasteiger partial charge < -0.3 is 5.11 Å². The van der Waals surface area contributed by atoms with Gasteiger partial charge in [0.15, 0.2) is 5.82 Å². The Labute approximate surface area is 138 Å². The van der Waals surface area contributed by atoms with Crippen molar-refractivity contribution in [3.8, 4) is 0 Å². The first-order valence-electron chi connectivity index (χ1n) is 7.30. The van der Waals surface area contributed by atoms with Crippen LogP contribution in [0.15, 0.2) is 17.6 Å². The number of rotatable bonds is 8. The molecule has 0 aliphatic rings. The van der Waals surface area contributed by atoms with Crippen molar-refractivity contribution in [1.82, 2.24) is 30.6 Å². The summed E-state index contributed by atoms with van der Waals surface area (Å²) in [5.74, 6) is -1.86. The molecule has 0 aromatic carbocycles. The number of nitrogens with zero attached hydrogens (tertiary/aromatic N) is 5. The molecule has 2 heterocycles. The molecular formula is C13H18N6O4S. The molecule has 0 bridgehead atoms. The lowest BCUT2D eigenvalue weighted by molar-refractivity contribution is -0.143. The number of aliphatic carboxylic acids is 1. The summed E-state index contributed by atoms with van der Waals surface area (Å²) >= 11 is 0. The van der Waals surface area contributed by atoms with Crippen LogP contribution in [0.3, 0.4) is 0 Å². The maximum atomic E-state index is 11.6. The second-order valence-corrected chi connectivity index (χ2v) is 7.37. The standard InChI is InChI=1S/C13H18N6O4S/c1-3-4-9(12(20)21)10(11-16-18-19-17-11)5-8-6-14-13(15-7-8)24(2,22)23/h6-7,9-10H,3-5H2,1-2H3,(H,20,21)(H,16,17,18,19)/t9?,10-/m0/s1. The van der Waals surface area contributed by atoms with E-state index < -0.39 is 27.6 Å². The second-order valence-electron chi connectivity index (χ2n) is 5.46. The molecule has 10 nitrogen and oxygen atoms in total. The molecule has 130 valence electrons. The molecule has 0 fully saturated rings. The fraction of sp³-hybridized carbons (Fsp3) is 0.538. The van der Waals surface area contributed by atoms with Gasteiger partial charge in [-0.2, -0.15) is 5.21 Å². The van der Waals surface area contributed by atoms with Gasteiger partial charge in [0.1, 0.15) is 0 Å². The summed E-state index contributed by atoms with van der Waals surface area (Å²) in [7, 11) is -3.49. The maximum Gasteiger partial charge on any atom is 0.307 e. The Bertz CT molecular complexity index is 775. The van der Waals surface area contributed by atoms with Crippen molar-refractivity contribution in [1.29, 1.82) is 0 Å². The lowest BCUT2D eigenvalue weighted by atomic mass is 9.84. The third kappa shape index (κ3) is 4.31. The number of H-pyrrole nitrogens is 1. The van der Waals surface area contributed by atoms with Crippen LogP contribution in [-0.2, 0) is 21.1 Å². The van der Waals surface area contributed by atoms with Crippen molar-refractivity contribution in [2.24, 2.45) is 5.92 Å². The molecule has 1 unspecified atom stereocenters. The van der Waals surface area contributed by atoms with Crippen molar-refractivity contribution in [2.75, 3.05) is 6.26 Å². The SMILES string of the molecule is CCCC(C(=O)O)[C@H](Cc1cnc(S(C)(=O)=O)nc1)c1nn[nH]n1. The fourth-order valence-corrected chi connectivity index (χ4v) is 2.93. The third-order valence-electron chi connectivity index (χ3n) is 3.56. The van der Waals surface area contributed by atoms with E-state index in [4.69, 9.17) is 0 Å². The Morgan fingerprint density at radius 3 is 2.46 bits per heavy atom. The van der Waals surface area contributed by atoms with Crippen LogP contribution in [0.5, 0.6) is 0 Å². The number of carbonyl (C=O) groups is 1. The highest BCUT2D eigenvalue weighted by Gasteiger charge is 2.32. The number of aromatic nitrogens is 6. The van der Waals surface area contributed by atoms with Crippen molar-refractivity contribution >= 4 is 15.8 Å². The molecule has 2 rings (SSSR count). The van der Waals surface area contributed by atoms with E-state index in [9.17, 15) is 18.3 Å². The smallest absolute Gasteiger partial charge is 0.307 e. The summed E-state index contributed by atoms with van der Waals surface area (Å²) in [5.41, 5.74) is 0.597. The first-order chi connectivity index (χ1) is 11.3. The summed E-state index contributed by atoms with van der Waals surface area (Å²) in [6.07, 6.45) is 5.18. The van der Waals surface area contributed by atoms with Gasteiger partial charge in [0.05, 0.1) is 5.92 Å². The van der Waals surface area contributed by atoms with E-state index in [-0.39, 0.29) is 11.6 Å². The van der Waals surface area contributed by atoms with Crippen LogP contribution < -0.4 is 0 Å². The molecule has 2 aromatic rings. The van der Waals surface area contributed by atoms with Crippen LogP contribution in [0.25, 0.3) is 0 Å². The molecule has 0 saturated carbocycles. The minimum absolute atomic E-state index is 0.264. The van der Waals surface area contributed by atoms with Gasteiger partial charge in [-0.15, -0.1) is 10.2 Å². The zero-order chi connectivity index (χ0) is 17.7. The molecule has 0 spiro atoms. The topological polar surface area (TPSA) is 152 Å². The molecule has 24 heavy (non-hydrogen) atoms. The summed E-state index contributed by atoms with van der Waals surface area (Å²) in [6, 6.07) is 0. The van der Waals surface area contributed by atoms with Gasteiger partial charge in [-0.3, -0.25) is 4.79 Å². The molecule has 2 N–H and O–H groups in total. The summed E-state index contributed by atoms with van der Waals surface area (Å²) in [5, 5.41) is 22.9. The Hall–Kier alpha value is -2.43. The van der Waals surface area contributed by atoms with Crippen molar-refractivity contribution < 1.29 is 18.3 Å². The number of sulfone groups is 1. The summed E-state index contributed by atoms with van der Waals surface area (Å²) in [4.78, 5) is 19.3. The first-order valence-corrected chi connectivity index (χ1v) is 9.19. The maximum absolute atomic E-state index is 11.6. The second kappa shape index (κ2) is 7.43. The molecule has 11 heteroatoms. The van der Waals surface area contributed by atoms with E-state index in [2.05, 4.69) is 30.6 Å². The minimum atomic E-state index is -3.49. The van der Waals surface area contributed by atoms with Crippen LogP contribution >= 0.6 is 0 Å². The van der Waals surface area contributed by atoms with Gasteiger partial charge in [0.25, 0.3) is 0 Å². The van der Waals surface area contributed by atoms with E-state index in [1.807, 2.05) is 6.92 Å².